The van der Waals surface area contributed by atoms with Crippen molar-refractivity contribution >= 4 is 10.8 Å². The van der Waals surface area contributed by atoms with Crippen molar-refractivity contribution in [3.8, 4) is 22.3 Å². The van der Waals surface area contributed by atoms with Crippen LogP contribution in [-0.4, -0.2) is 0 Å². The standard InChI is InChI=1S/C24H20/c1-17-12-18(2)14-22(13-17)24-16-21-11-7-6-10-20(21)15-23(24)19-8-4-3-5-9-19/h3-16H,1-2H3. The highest BCUT2D eigenvalue weighted by Crippen LogP contribution is 2.36. The van der Waals surface area contributed by atoms with Gasteiger partial charge in [-0.25, -0.2) is 0 Å². The zero-order valence-corrected chi connectivity index (χ0v) is 14.1. The number of rotatable bonds is 2. The Hall–Kier alpha value is -2.86. The fourth-order valence-electron chi connectivity index (χ4n) is 3.47. The first-order valence-electron chi connectivity index (χ1n) is 8.37. The van der Waals surface area contributed by atoms with Gasteiger partial charge in [0.05, 0.1) is 0 Å². The van der Waals surface area contributed by atoms with Gasteiger partial charge in [0.2, 0.25) is 0 Å². The molecule has 0 fully saturated rings. The van der Waals surface area contributed by atoms with Crippen LogP contribution in [0.4, 0.5) is 0 Å². The first-order valence-corrected chi connectivity index (χ1v) is 8.37. The van der Waals surface area contributed by atoms with Crippen molar-refractivity contribution in [1.82, 2.24) is 0 Å². The average Bonchev–Trinajstić information content (AvgIpc) is 2.60. The molecule has 0 spiro atoms. The van der Waals surface area contributed by atoms with E-state index in [9.17, 15) is 0 Å². The van der Waals surface area contributed by atoms with Crippen molar-refractivity contribution in [2.75, 3.05) is 0 Å². The molecule has 0 heteroatoms. The van der Waals surface area contributed by atoms with Crippen molar-refractivity contribution in [2.24, 2.45) is 0 Å². The second-order valence-electron chi connectivity index (χ2n) is 6.49. The Morgan fingerprint density at radius 2 is 0.958 bits per heavy atom. The first kappa shape index (κ1) is 14.7. The molecule has 0 aromatic heterocycles. The fraction of sp³-hybridized carbons (Fsp3) is 0.0833. The molecule has 0 bridgehead atoms. The zero-order chi connectivity index (χ0) is 16.5. The van der Waals surface area contributed by atoms with Crippen LogP contribution in [0.5, 0.6) is 0 Å². The van der Waals surface area contributed by atoms with Gasteiger partial charge in [-0.05, 0) is 59.0 Å². The molecule has 4 aromatic carbocycles. The second kappa shape index (κ2) is 5.98. The van der Waals surface area contributed by atoms with Crippen molar-refractivity contribution in [2.45, 2.75) is 13.8 Å². The molecule has 0 saturated carbocycles. The average molecular weight is 308 g/mol. The van der Waals surface area contributed by atoms with Crippen LogP contribution in [0.15, 0.2) is 84.9 Å². The Kier molecular flexibility index (Phi) is 3.66. The van der Waals surface area contributed by atoms with Crippen LogP contribution in [0.1, 0.15) is 11.1 Å². The SMILES string of the molecule is Cc1cc(C)cc(-c2cc3ccccc3cc2-c2ccccc2)c1. The first-order chi connectivity index (χ1) is 11.7. The summed E-state index contributed by atoms with van der Waals surface area (Å²) < 4.78 is 0. The van der Waals surface area contributed by atoms with Gasteiger partial charge in [-0.2, -0.15) is 0 Å². The lowest BCUT2D eigenvalue weighted by atomic mass is 9.90. The quantitative estimate of drug-likeness (QED) is 0.382. The second-order valence-corrected chi connectivity index (χ2v) is 6.49. The third-order valence-corrected chi connectivity index (χ3v) is 4.50. The van der Waals surface area contributed by atoms with E-state index in [1.807, 2.05) is 0 Å². The number of benzene rings is 4. The molecule has 4 aromatic rings. The van der Waals surface area contributed by atoms with E-state index >= 15 is 0 Å². The number of hydrogen-bond donors (Lipinski definition) is 0. The molecule has 0 N–H and O–H groups in total. The number of fused-ring (bicyclic) bond motifs is 1. The molecule has 4 rings (SSSR count). The highest BCUT2D eigenvalue weighted by atomic mass is 14.1. The van der Waals surface area contributed by atoms with Gasteiger partial charge in [-0.15, -0.1) is 0 Å². The molecular formula is C24H20. The maximum atomic E-state index is 2.33. The zero-order valence-electron chi connectivity index (χ0n) is 14.1. The Morgan fingerprint density at radius 1 is 0.458 bits per heavy atom. The predicted octanol–water partition coefficient (Wildman–Crippen LogP) is 6.79. The minimum atomic E-state index is 1.26. The molecule has 0 heterocycles. The smallest absolute Gasteiger partial charge is 0.00988 e. The molecule has 116 valence electrons. The van der Waals surface area contributed by atoms with Gasteiger partial charge in [-0.1, -0.05) is 83.9 Å². The third kappa shape index (κ3) is 2.72. The maximum Gasteiger partial charge on any atom is -0.00988 e. The molecule has 0 aliphatic carbocycles. The molecule has 0 amide bonds. The minimum absolute atomic E-state index is 1.26. The van der Waals surface area contributed by atoms with Crippen molar-refractivity contribution in [1.29, 1.82) is 0 Å². The van der Waals surface area contributed by atoms with E-state index in [1.54, 1.807) is 0 Å². The molecule has 0 aliphatic rings. The van der Waals surface area contributed by atoms with Crippen molar-refractivity contribution < 1.29 is 0 Å². The normalized spacial score (nSPS) is 10.9. The number of hydrogen-bond acceptors (Lipinski definition) is 0. The maximum absolute atomic E-state index is 2.33. The highest BCUT2D eigenvalue weighted by molar-refractivity contribution is 5.96. The largest absolute Gasteiger partial charge is 0.0622 e. The summed E-state index contributed by atoms with van der Waals surface area (Å²) in [5, 5.41) is 2.57. The monoisotopic (exact) mass is 308 g/mol. The molecular weight excluding hydrogens is 288 g/mol. The Labute approximate surface area is 143 Å². The minimum Gasteiger partial charge on any atom is -0.0622 e. The van der Waals surface area contributed by atoms with Crippen LogP contribution in [-0.2, 0) is 0 Å². The summed E-state index contributed by atoms with van der Waals surface area (Å²) in [7, 11) is 0. The lowest BCUT2D eigenvalue weighted by Crippen LogP contribution is -1.88. The van der Waals surface area contributed by atoms with Gasteiger partial charge in [0, 0.05) is 0 Å². The molecule has 0 radical (unpaired) electrons. The summed E-state index contributed by atoms with van der Waals surface area (Å²) in [5.74, 6) is 0. The van der Waals surface area contributed by atoms with Gasteiger partial charge in [0.25, 0.3) is 0 Å². The molecule has 0 saturated heterocycles. The van der Waals surface area contributed by atoms with Gasteiger partial charge in [0.1, 0.15) is 0 Å². The lowest BCUT2D eigenvalue weighted by Gasteiger charge is -2.14. The summed E-state index contributed by atoms with van der Waals surface area (Å²) in [6, 6.07) is 30.7. The lowest BCUT2D eigenvalue weighted by molar-refractivity contribution is 1.38. The van der Waals surface area contributed by atoms with Crippen LogP contribution >= 0.6 is 0 Å². The topological polar surface area (TPSA) is 0 Å². The van der Waals surface area contributed by atoms with Crippen LogP contribution in [0.2, 0.25) is 0 Å². The van der Waals surface area contributed by atoms with E-state index in [0.717, 1.165) is 0 Å². The van der Waals surface area contributed by atoms with Crippen molar-refractivity contribution in [3.63, 3.8) is 0 Å². The summed E-state index contributed by atoms with van der Waals surface area (Å²) >= 11 is 0. The van der Waals surface area contributed by atoms with Crippen LogP contribution in [0.25, 0.3) is 33.0 Å². The summed E-state index contributed by atoms with van der Waals surface area (Å²) in [6.45, 7) is 4.33. The van der Waals surface area contributed by atoms with Crippen LogP contribution < -0.4 is 0 Å². The molecule has 0 unspecified atom stereocenters. The van der Waals surface area contributed by atoms with Gasteiger partial charge in [-0.3, -0.25) is 0 Å². The van der Waals surface area contributed by atoms with Crippen LogP contribution in [0, 0.1) is 13.8 Å². The molecule has 0 atom stereocenters. The summed E-state index contributed by atoms with van der Waals surface area (Å²) in [5.41, 5.74) is 7.75. The van der Waals surface area contributed by atoms with E-state index in [2.05, 4.69) is 98.8 Å². The highest BCUT2D eigenvalue weighted by Gasteiger charge is 2.10. The van der Waals surface area contributed by atoms with Crippen molar-refractivity contribution in [3.05, 3.63) is 96.1 Å². The van der Waals surface area contributed by atoms with Crippen LogP contribution in [0.3, 0.4) is 0 Å². The fourth-order valence-corrected chi connectivity index (χ4v) is 3.47. The molecule has 0 nitrogen and oxygen atoms in total. The van der Waals surface area contributed by atoms with Gasteiger partial charge < -0.3 is 0 Å². The Balaban J connectivity index is 2.05. The summed E-state index contributed by atoms with van der Waals surface area (Å²) in [4.78, 5) is 0. The van der Waals surface area contributed by atoms with E-state index in [-0.39, 0.29) is 0 Å². The predicted molar refractivity (Wildman–Crippen MR) is 104 cm³/mol. The van der Waals surface area contributed by atoms with Gasteiger partial charge >= 0.3 is 0 Å². The molecule has 24 heavy (non-hydrogen) atoms. The van der Waals surface area contributed by atoms with E-state index in [4.69, 9.17) is 0 Å². The third-order valence-electron chi connectivity index (χ3n) is 4.50. The van der Waals surface area contributed by atoms with E-state index in [0.29, 0.717) is 0 Å². The summed E-state index contributed by atoms with van der Waals surface area (Å²) in [6.07, 6.45) is 0. The van der Waals surface area contributed by atoms with E-state index in [1.165, 1.54) is 44.2 Å². The molecule has 0 aliphatic heterocycles. The Morgan fingerprint density at radius 3 is 1.54 bits per heavy atom. The number of aryl methyl sites for hydroxylation is 2. The van der Waals surface area contributed by atoms with Gasteiger partial charge in [0.15, 0.2) is 0 Å². The Bertz CT molecular complexity index is 990. The van der Waals surface area contributed by atoms with E-state index < -0.39 is 0 Å².